The van der Waals surface area contributed by atoms with Crippen molar-refractivity contribution >= 4 is 5.82 Å². The average molecular weight is 235 g/mol. The van der Waals surface area contributed by atoms with E-state index in [0.717, 1.165) is 31.9 Å². The molecule has 17 heavy (non-hydrogen) atoms. The lowest BCUT2D eigenvalue weighted by Crippen LogP contribution is -2.30. The van der Waals surface area contributed by atoms with Crippen LogP contribution < -0.4 is 5.32 Å². The van der Waals surface area contributed by atoms with Crippen molar-refractivity contribution in [1.29, 1.82) is 0 Å². The van der Waals surface area contributed by atoms with Gasteiger partial charge in [0.05, 0.1) is 0 Å². The van der Waals surface area contributed by atoms with Gasteiger partial charge in [-0.05, 0) is 32.9 Å². The number of rotatable bonds is 7. The fourth-order valence-corrected chi connectivity index (χ4v) is 1.85. The second-order valence-corrected chi connectivity index (χ2v) is 4.59. The van der Waals surface area contributed by atoms with Gasteiger partial charge in [0.15, 0.2) is 0 Å². The number of hydrogen-bond donors (Lipinski definition) is 1. The van der Waals surface area contributed by atoms with Gasteiger partial charge in [-0.2, -0.15) is 0 Å². The maximum absolute atomic E-state index is 4.43. The van der Waals surface area contributed by atoms with E-state index in [2.05, 4.69) is 49.0 Å². The second kappa shape index (κ2) is 7.28. The molecule has 0 atom stereocenters. The zero-order valence-corrected chi connectivity index (χ0v) is 11.5. The zero-order valence-electron chi connectivity index (χ0n) is 11.5. The Morgan fingerprint density at radius 1 is 1.35 bits per heavy atom. The smallest absolute Gasteiger partial charge is 0.130 e. The monoisotopic (exact) mass is 235 g/mol. The molecule has 96 valence electrons. The Kier molecular flexibility index (Phi) is 5.98. The molecule has 0 aliphatic carbocycles. The number of hydrogen-bond acceptors (Lipinski definition) is 3. The van der Waals surface area contributed by atoms with Crippen LogP contribution in [0, 0.1) is 0 Å². The van der Waals surface area contributed by atoms with Crippen molar-refractivity contribution in [3.63, 3.8) is 0 Å². The van der Waals surface area contributed by atoms with Gasteiger partial charge in [-0.15, -0.1) is 0 Å². The maximum Gasteiger partial charge on any atom is 0.130 e. The molecular weight excluding hydrogens is 210 g/mol. The molecule has 0 fully saturated rings. The van der Waals surface area contributed by atoms with Gasteiger partial charge in [-0.3, -0.25) is 4.90 Å². The van der Waals surface area contributed by atoms with Crippen LogP contribution in [0.3, 0.4) is 0 Å². The van der Waals surface area contributed by atoms with Gasteiger partial charge >= 0.3 is 0 Å². The van der Waals surface area contributed by atoms with Crippen LogP contribution in [0.5, 0.6) is 0 Å². The third-order valence-electron chi connectivity index (χ3n) is 2.94. The van der Waals surface area contributed by atoms with Gasteiger partial charge in [-0.1, -0.05) is 19.9 Å². The topological polar surface area (TPSA) is 28.2 Å². The first kappa shape index (κ1) is 14.0. The minimum absolute atomic E-state index is 0.569. The van der Waals surface area contributed by atoms with Crippen LogP contribution in [0.15, 0.2) is 18.3 Å². The summed E-state index contributed by atoms with van der Waals surface area (Å²) < 4.78 is 0. The fraction of sp³-hybridized carbons (Fsp3) is 0.643. The molecule has 0 spiro atoms. The first-order chi connectivity index (χ1) is 8.19. The molecule has 0 bridgehead atoms. The quantitative estimate of drug-likeness (QED) is 0.787. The van der Waals surface area contributed by atoms with E-state index in [1.54, 1.807) is 0 Å². The van der Waals surface area contributed by atoms with Crippen molar-refractivity contribution < 1.29 is 0 Å². The Labute approximate surface area is 105 Å². The van der Waals surface area contributed by atoms with Gasteiger partial charge in [-0.25, -0.2) is 4.98 Å². The molecular formula is C14H25N3. The molecule has 0 radical (unpaired) electrons. The van der Waals surface area contributed by atoms with E-state index in [0.29, 0.717) is 6.04 Å². The fourth-order valence-electron chi connectivity index (χ4n) is 1.85. The van der Waals surface area contributed by atoms with Crippen molar-refractivity contribution in [3.8, 4) is 0 Å². The van der Waals surface area contributed by atoms with Crippen LogP contribution in [0.2, 0.25) is 0 Å². The van der Waals surface area contributed by atoms with E-state index in [1.807, 2.05) is 12.3 Å². The zero-order chi connectivity index (χ0) is 12.7. The molecule has 3 nitrogen and oxygen atoms in total. The third-order valence-corrected chi connectivity index (χ3v) is 2.94. The summed E-state index contributed by atoms with van der Waals surface area (Å²) in [5, 5.41) is 3.39. The van der Waals surface area contributed by atoms with Gasteiger partial charge in [0, 0.05) is 30.9 Å². The number of pyridine rings is 1. The van der Waals surface area contributed by atoms with Gasteiger partial charge in [0.25, 0.3) is 0 Å². The molecule has 0 saturated carbocycles. The molecule has 1 N–H and O–H groups in total. The van der Waals surface area contributed by atoms with Crippen molar-refractivity contribution in [2.24, 2.45) is 0 Å². The lowest BCUT2D eigenvalue weighted by atomic mass is 10.2. The summed E-state index contributed by atoms with van der Waals surface area (Å²) in [6.45, 7) is 11.9. The van der Waals surface area contributed by atoms with E-state index in [-0.39, 0.29) is 0 Å². The number of aromatic nitrogens is 1. The van der Waals surface area contributed by atoms with Crippen LogP contribution in [0.1, 0.15) is 39.7 Å². The largest absolute Gasteiger partial charge is 0.370 e. The Balaban J connectivity index is 2.74. The number of nitrogens with zero attached hydrogens (tertiary/aromatic N) is 2. The van der Waals surface area contributed by atoms with E-state index in [9.17, 15) is 0 Å². The first-order valence-corrected chi connectivity index (χ1v) is 6.60. The van der Waals surface area contributed by atoms with Gasteiger partial charge in [0.2, 0.25) is 0 Å². The summed E-state index contributed by atoms with van der Waals surface area (Å²) in [6.07, 6.45) is 2.98. The van der Waals surface area contributed by atoms with Crippen LogP contribution in [-0.4, -0.2) is 29.0 Å². The Hall–Kier alpha value is -1.09. The molecule has 3 heteroatoms. The summed E-state index contributed by atoms with van der Waals surface area (Å²) >= 11 is 0. The highest BCUT2D eigenvalue weighted by atomic mass is 15.1. The molecule has 1 aromatic heterocycles. The highest BCUT2D eigenvalue weighted by Crippen LogP contribution is 2.15. The predicted molar refractivity (Wildman–Crippen MR) is 74.2 cm³/mol. The highest BCUT2D eigenvalue weighted by molar-refractivity contribution is 5.43. The molecule has 0 amide bonds. The average Bonchev–Trinajstić information content (AvgIpc) is 2.34. The predicted octanol–water partition coefficient (Wildman–Crippen LogP) is 3.13. The van der Waals surface area contributed by atoms with Crippen molar-refractivity contribution in [1.82, 2.24) is 9.88 Å². The normalized spacial score (nSPS) is 11.2. The molecule has 0 saturated heterocycles. The number of anilines is 1. The van der Waals surface area contributed by atoms with E-state index >= 15 is 0 Å². The molecule has 0 aliphatic heterocycles. The van der Waals surface area contributed by atoms with Gasteiger partial charge < -0.3 is 5.32 Å². The highest BCUT2D eigenvalue weighted by Gasteiger charge is 2.10. The molecule has 0 aromatic carbocycles. The van der Waals surface area contributed by atoms with Crippen LogP contribution in [0.4, 0.5) is 5.82 Å². The van der Waals surface area contributed by atoms with Crippen molar-refractivity contribution in [3.05, 3.63) is 23.9 Å². The molecule has 0 unspecified atom stereocenters. The van der Waals surface area contributed by atoms with Crippen molar-refractivity contribution in [2.45, 2.75) is 46.7 Å². The molecule has 1 rings (SSSR count). The summed E-state index contributed by atoms with van der Waals surface area (Å²) in [5.74, 6) is 1.04. The minimum atomic E-state index is 0.569. The lowest BCUT2D eigenvalue weighted by Gasteiger charge is -2.25. The SMILES string of the molecule is CCCNc1ncccc1CN(CC)C(C)C. The summed E-state index contributed by atoms with van der Waals surface area (Å²) in [6, 6.07) is 4.75. The summed E-state index contributed by atoms with van der Waals surface area (Å²) in [7, 11) is 0. The summed E-state index contributed by atoms with van der Waals surface area (Å²) in [4.78, 5) is 6.86. The molecule has 1 aromatic rings. The van der Waals surface area contributed by atoms with Crippen LogP contribution >= 0.6 is 0 Å². The van der Waals surface area contributed by atoms with Gasteiger partial charge in [0.1, 0.15) is 5.82 Å². The summed E-state index contributed by atoms with van der Waals surface area (Å²) in [5.41, 5.74) is 1.29. The standard InChI is InChI=1S/C14H25N3/c1-5-9-15-14-13(8-7-10-16-14)11-17(6-2)12(3)4/h7-8,10,12H,5-6,9,11H2,1-4H3,(H,15,16). The first-order valence-electron chi connectivity index (χ1n) is 6.60. The van der Waals surface area contributed by atoms with Crippen LogP contribution in [-0.2, 0) is 6.54 Å². The van der Waals surface area contributed by atoms with Crippen molar-refractivity contribution in [2.75, 3.05) is 18.4 Å². The minimum Gasteiger partial charge on any atom is -0.370 e. The molecule has 0 aliphatic rings. The second-order valence-electron chi connectivity index (χ2n) is 4.59. The third kappa shape index (κ3) is 4.35. The van der Waals surface area contributed by atoms with Crippen LogP contribution in [0.25, 0.3) is 0 Å². The lowest BCUT2D eigenvalue weighted by molar-refractivity contribution is 0.225. The Bertz CT molecular complexity index is 323. The maximum atomic E-state index is 4.43. The molecule has 1 heterocycles. The Morgan fingerprint density at radius 2 is 2.12 bits per heavy atom. The number of nitrogens with one attached hydrogen (secondary N) is 1. The van der Waals surface area contributed by atoms with E-state index in [4.69, 9.17) is 0 Å². The van der Waals surface area contributed by atoms with E-state index in [1.165, 1.54) is 5.56 Å². The van der Waals surface area contributed by atoms with E-state index < -0.39 is 0 Å². The Morgan fingerprint density at radius 3 is 2.71 bits per heavy atom.